The highest BCUT2D eigenvalue weighted by atomic mass is 32.2. The minimum atomic E-state index is -3.81. The van der Waals surface area contributed by atoms with E-state index in [0.29, 0.717) is 34.3 Å². The first-order chi connectivity index (χ1) is 13.3. The van der Waals surface area contributed by atoms with Gasteiger partial charge in [0.25, 0.3) is 5.89 Å². The predicted molar refractivity (Wildman–Crippen MR) is 102 cm³/mol. The Morgan fingerprint density at radius 2 is 1.57 bits per heavy atom. The Bertz CT molecular complexity index is 1060. The molecule has 1 heterocycles. The first-order valence-electron chi connectivity index (χ1n) is 8.12. The van der Waals surface area contributed by atoms with Crippen molar-refractivity contribution >= 4 is 10.3 Å². The van der Waals surface area contributed by atoms with Crippen molar-refractivity contribution < 1.29 is 26.6 Å². The monoisotopic (exact) mass is 405 g/mol. The zero-order valence-electron chi connectivity index (χ0n) is 15.7. The maximum atomic E-state index is 11.8. The average molecular weight is 405 g/mol. The summed E-state index contributed by atoms with van der Waals surface area (Å²) in [6.45, 7) is 0. The van der Waals surface area contributed by atoms with Crippen LogP contribution in [0.3, 0.4) is 0 Å². The van der Waals surface area contributed by atoms with E-state index in [2.05, 4.69) is 10.1 Å². The van der Waals surface area contributed by atoms with Crippen molar-refractivity contribution in [3.8, 4) is 40.1 Å². The Morgan fingerprint density at radius 1 is 0.929 bits per heavy atom. The summed E-state index contributed by atoms with van der Waals surface area (Å²) in [4.78, 5) is 4.37. The molecule has 0 aliphatic carbocycles. The van der Waals surface area contributed by atoms with Crippen molar-refractivity contribution in [1.82, 2.24) is 14.4 Å². The molecule has 0 saturated carbocycles. The van der Waals surface area contributed by atoms with E-state index in [9.17, 15) is 8.42 Å². The van der Waals surface area contributed by atoms with E-state index < -0.39 is 10.3 Å². The van der Waals surface area contributed by atoms with Gasteiger partial charge < -0.3 is 18.2 Å². The first-order valence-corrected chi connectivity index (χ1v) is 9.49. The van der Waals surface area contributed by atoms with Gasteiger partial charge in [0.1, 0.15) is 5.75 Å². The van der Waals surface area contributed by atoms with Crippen LogP contribution in [0.4, 0.5) is 0 Å². The normalized spacial score (nSPS) is 11.5. The number of methoxy groups -OCH3 is 2. The molecule has 148 valence electrons. The molecule has 9 nitrogen and oxygen atoms in total. The summed E-state index contributed by atoms with van der Waals surface area (Å²) in [5.74, 6) is 1.98. The number of hydrogen-bond donors (Lipinski definition) is 0. The Hall–Kier alpha value is -3.11. The van der Waals surface area contributed by atoms with Gasteiger partial charge in [0.05, 0.1) is 14.2 Å². The third-order valence-corrected chi connectivity index (χ3v) is 5.12. The zero-order valence-corrected chi connectivity index (χ0v) is 16.6. The molecule has 10 heteroatoms. The number of nitrogens with zero attached hydrogens (tertiary/aromatic N) is 3. The summed E-state index contributed by atoms with van der Waals surface area (Å²) in [6, 6.07) is 11.6. The minimum absolute atomic E-state index is 0.182. The minimum Gasteiger partial charge on any atom is -0.493 e. The van der Waals surface area contributed by atoms with Crippen molar-refractivity contribution in [1.29, 1.82) is 0 Å². The van der Waals surface area contributed by atoms with E-state index in [1.165, 1.54) is 26.2 Å². The van der Waals surface area contributed by atoms with Crippen molar-refractivity contribution in [2.75, 3.05) is 28.3 Å². The van der Waals surface area contributed by atoms with Gasteiger partial charge in [-0.15, -0.1) is 0 Å². The molecule has 3 rings (SSSR count). The second-order valence-corrected chi connectivity index (χ2v) is 7.59. The van der Waals surface area contributed by atoms with Crippen molar-refractivity contribution in [3.63, 3.8) is 0 Å². The SMILES string of the molecule is COc1ccc(-c2nc(-c3ccc(OS(=O)(=O)N(C)C)cc3)no2)cc1OC. The second-order valence-electron chi connectivity index (χ2n) is 5.84. The molecule has 3 aromatic rings. The van der Waals surface area contributed by atoms with Gasteiger partial charge in [0.2, 0.25) is 5.82 Å². The van der Waals surface area contributed by atoms with Crippen LogP contribution in [0.2, 0.25) is 0 Å². The van der Waals surface area contributed by atoms with Crippen LogP contribution in [0.5, 0.6) is 17.2 Å². The number of aromatic nitrogens is 2. The van der Waals surface area contributed by atoms with Crippen molar-refractivity contribution in [2.45, 2.75) is 0 Å². The van der Waals surface area contributed by atoms with Gasteiger partial charge in [-0.3, -0.25) is 0 Å². The lowest BCUT2D eigenvalue weighted by Crippen LogP contribution is -2.26. The van der Waals surface area contributed by atoms with Crippen LogP contribution in [-0.4, -0.2) is 51.2 Å². The van der Waals surface area contributed by atoms with Crippen molar-refractivity contribution in [2.24, 2.45) is 0 Å². The van der Waals surface area contributed by atoms with Gasteiger partial charge in [0.15, 0.2) is 11.5 Å². The van der Waals surface area contributed by atoms with Gasteiger partial charge in [-0.2, -0.15) is 17.7 Å². The van der Waals surface area contributed by atoms with E-state index >= 15 is 0 Å². The Balaban J connectivity index is 1.82. The fourth-order valence-electron chi connectivity index (χ4n) is 2.28. The highest BCUT2D eigenvalue weighted by Gasteiger charge is 2.17. The molecular weight excluding hydrogens is 386 g/mol. The van der Waals surface area contributed by atoms with Gasteiger partial charge in [-0.1, -0.05) is 5.16 Å². The van der Waals surface area contributed by atoms with Crippen LogP contribution in [0, 0.1) is 0 Å². The van der Waals surface area contributed by atoms with Gasteiger partial charge in [-0.25, -0.2) is 0 Å². The van der Waals surface area contributed by atoms with E-state index in [4.69, 9.17) is 18.2 Å². The molecule has 0 saturated heterocycles. The molecule has 2 aromatic carbocycles. The molecule has 28 heavy (non-hydrogen) atoms. The van der Waals surface area contributed by atoms with E-state index in [1.54, 1.807) is 44.6 Å². The van der Waals surface area contributed by atoms with E-state index in [1.807, 2.05) is 0 Å². The Kier molecular flexibility index (Phi) is 5.52. The molecule has 0 spiro atoms. The van der Waals surface area contributed by atoms with Gasteiger partial charge in [-0.05, 0) is 42.5 Å². The molecule has 1 aromatic heterocycles. The fourth-order valence-corrected chi connectivity index (χ4v) is 2.79. The smallest absolute Gasteiger partial charge is 0.384 e. The highest BCUT2D eigenvalue weighted by Crippen LogP contribution is 2.32. The van der Waals surface area contributed by atoms with Crippen LogP contribution in [0.1, 0.15) is 0 Å². The summed E-state index contributed by atoms with van der Waals surface area (Å²) in [6.07, 6.45) is 0. The lowest BCUT2D eigenvalue weighted by molar-refractivity contribution is 0.355. The fraction of sp³-hybridized carbons (Fsp3) is 0.222. The Morgan fingerprint density at radius 3 is 2.18 bits per heavy atom. The maximum absolute atomic E-state index is 11.8. The van der Waals surface area contributed by atoms with Crippen LogP contribution >= 0.6 is 0 Å². The predicted octanol–water partition coefficient (Wildman–Crippen LogP) is 2.61. The molecule has 0 atom stereocenters. The summed E-state index contributed by atoms with van der Waals surface area (Å²) in [7, 11) is 2.06. The molecule has 0 bridgehead atoms. The molecular formula is C18H19N3O6S. The largest absolute Gasteiger partial charge is 0.493 e. The van der Waals surface area contributed by atoms with Gasteiger partial charge >= 0.3 is 10.3 Å². The maximum Gasteiger partial charge on any atom is 0.384 e. The highest BCUT2D eigenvalue weighted by molar-refractivity contribution is 7.84. The van der Waals surface area contributed by atoms with Crippen LogP contribution in [-0.2, 0) is 10.3 Å². The lowest BCUT2D eigenvalue weighted by atomic mass is 10.2. The van der Waals surface area contributed by atoms with Crippen LogP contribution in [0.25, 0.3) is 22.8 Å². The zero-order chi connectivity index (χ0) is 20.3. The number of ether oxygens (including phenoxy) is 2. The second kappa shape index (κ2) is 7.87. The van der Waals surface area contributed by atoms with Gasteiger partial charge in [0, 0.05) is 25.2 Å². The van der Waals surface area contributed by atoms with Crippen LogP contribution in [0.15, 0.2) is 47.0 Å². The first kappa shape index (κ1) is 19.6. The quantitative estimate of drug-likeness (QED) is 0.591. The summed E-state index contributed by atoms with van der Waals surface area (Å²) < 4.78 is 45.3. The molecule has 0 aliphatic heterocycles. The number of benzene rings is 2. The molecule has 0 fully saturated rings. The number of hydrogen-bond acceptors (Lipinski definition) is 8. The molecule has 0 unspecified atom stereocenters. The van der Waals surface area contributed by atoms with Crippen LogP contribution < -0.4 is 13.7 Å². The number of rotatable bonds is 7. The molecule has 0 radical (unpaired) electrons. The lowest BCUT2D eigenvalue weighted by Gasteiger charge is -2.11. The standard InChI is InChI=1S/C18H19N3O6S/c1-21(2)28(22,23)27-14-8-5-12(6-9-14)17-19-18(26-20-17)13-7-10-15(24-3)16(11-13)25-4/h5-11H,1-4H3. The summed E-state index contributed by atoms with van der Waals surface area (Å²) >= 11 is 0. The summed E-state index contributed by atoms with van der Waals surface area (Å²) in [5, 5.41) is 3.97. The van der Waals surface area contributed by atoms with Crippen molar-refractivity contribution in [3.05, 3.63) is 42.5 Å². The van der Waals surface area contributed by atoms with E-state index in [0.717, 1.165) is 4.31 Å². The third-order valence-electron chi connectivity index (χ3n) is 3.82. The summed E-state index contributed by atoms with van der Waals surface area (Å²) in [5.41, 5.74) is 1.32. The van der Waals surface area contributed by atoms with E-state index in [-0.39, 0.29) is 5.75 Å². The topological polar surface area (TPSA) is 104 Å². The third kappa shape index (κ3) is 4.07. The molecule has 0 aliphatic rings. The molecule has 0 N–H and O–H groups in total. The Labute approximate surface area is 162 Å². The average Bonchev–Trinajstić information content (AvgIpc) is 3.17. The molecule has 0 amide bonds.